The number of hydrogen-bond acceptors (Lipinski definition) is 3. The Bertz CT molecular complexity index is 254. The maximum absolute atomic E-state index is 9.07. The van der Waals surface area contributed by atoms with Gasteiger partial charge in [-0.15, -0.1) is 0 Å². The van der Waals surface area contributed by atoms with Gasteiger partial charge in [-0.05, 0) is 32.7 Å². The molecule has 2 unspecified atom stereocenters. The van der Waals surface area contributed by atoms with Gasteiger partial charge < -0.3 is 10.2 Å². The summed E-state index contributed by atoms with van der Waals surface area (Å²) >= 11 is 0. The van der Waals surface area contributed by atoms with Crippen molar-refractivity contribution >= 4 is 0 Å². The fourth-order valence-corrected chi connectivity index (χ4v) is 2.65. The number of rotatable bonds is 5. The molecule has 1 N–H and O–H groups in total. The van der Waals surface area contributed by atoms with Crippen LogP contribution in [0.2, 0.25) is 0 Å². The minimum Gasteiger partial charge on any atom is -0.311 e. The van der Waals surface area contributed by atoms with Crippen LogP contribution in [-0.4, -0.2) is 37.1 Å². The average molecular weight is 221 g/mol. The molecular weight excluding hydrogens is 198 g/mol. The molecule has 0 heterocycles. The van der Waals surface area contributed by atoms with E-state index in [0.29, 0.717) is 6.04 Å². The van der Waals surface area contributed by atoms with Crippen LogP contribution in [0.15, 0.2) is 0 Å². The second-order valence-corrected chi connectivity index (χ2v) is 5.29. The van der Waals surface area contributed by atoms with Crippen molar-refractivity contribution in [1.29, 1.82) is 5.26 Å². The molecule has 2 atom stereocenters. The van der Waals surface area contributed by atoms with Gasteiger partial charge in [-0.3, -0.25) is 0 Å². The molecule has 2 aliphatic rings. The van der Waals surface area contributed by atoms with Crippen LogP contribution in [0, 0.1) is 17.2 Å². The van der Waals surface area contributed by atoms with Crippen LogP contribution < -0.4 is 5.32 Å². The molecule has 2 rings (SSSR count). The number of hydrogen-bond donors (Lipinski definition) is 1. The molecule has 3 nitrogen and oxygen atoms in total. The summed E-state index contributed by atoms with van der Waals surface area (Å²) in [4.78, 5) is 2.44. The lowest BCUT2D eigenvalue weighted by Crippen LogP contribution is -2.41. The van der Waals surface area contributed by atoms with Gasteiger partial charge in [0, 0.05) is 25.2 Å². The van der Waals surface area contributed by atoms with Crippen LogP contribution in [-0.2, 0) is 0 Å². The third-order valence-corrected chi connectivity index (χ3v) is 3.97. The Kier molecular flexibility index (Phi) is 4.20. The zero-order valence-corrected chi connectivity index (χ0v) is 10.3. The Labute approximate surface area is 98.8 Å². The largest absolute Gasteiger partial charge is 0.311 e. The minimum atomic E-state index is 0.250. The van der Waals surface area contributed by atoms with Crippen molar-refractivity contribution in [3.63, 3.8) is 0 Å². The van der Waals surface area contributed by atoms with E-state index in [9.17, 15) is 0 Å². The lowest BCUT2D eigenvalue weighted by molar-refractivity contribution is 0.276. The minimum absolute atomic E-state index is 0.250. The third-order valence-electron chi connectivity index (χ3n) is 3.97. The summed E-state index contributed by atoms with van der Waals surface area (Å²) < 4.78 is 0. The first-order valence-electron chi connectivity index (χ1n) is 6.64. The molecule has 0 amide bonds. The maximum atomic E-state index is 9.07. The van der Waals surface area contributed by atoms with E-state index in [-0.39, 0.29) is 5.92 Å². The number of nitrogens with zero attached hydrogens (tertiary/aromatic N) is 2. The fourth-order valence-electron chi connectivity index (χ4n) is 2.65. The van der Waals surface area contributed by atoms with Crippen LogP contribution in [0.5, 0.6) is 0 Å². The Balaban J connectivity index is 1.65. The lowest BCUT2D eigenvalue weighted by atomic mass is 9.85. The summed E-state index contributed by atoms with van der Waals surface area (Å²) in [6.07, 6.45) is 7.55. The highest BCUT2D eigenvalue weighted by Gasteiger charge is 2.27. The van der Waals surface area contributed by atoms with E-state index in [1.807, 2.05) is 0 Å². The second kappa shape index (κ2) is 5.65. The molecule has 2 saturated carbocycles. The summed E-state index contributed by atoms with van der Waals surface area (Å²) in [5, 5.41) is 12.6. The van der Waals surface area contributed by atoms with Crippen molar-refractivity contribution in [2.75, 3.05) is 20.1 Å². The van der Waals surface area contributed by atoms with Crippen molar-refractivity contribution in [1.82, 2.24) is 10.2 Å². The van der Waals surface area contributed by atoms with E-state index in [4.69, 9.17) is 5.26 Å². The van der Waals surface area contributed by atoms with E-state index in [2.05, 4.69) is 23.3 Å². The highest BCUT2D eigenvalue weighted by Crippen LogP contribution is 2.25. The average Bonchev–Trinajstić information content (AvgIpc) is 3.13. The van der Waals surface area contributed by atoms with Crippen molar-refractivity contribution in [2.24, 2.45) is 5.92 Å². The molecule has 0 aromatic carbocycles. The van der Waals surface area contributed by atoms with Gasteiger partial charge >= 0.3 is 0 Å². The predicted molar refractivity (Wildman–Crippen MR) is 65.0 cm³/mol. The van der Waals surface area contributed by atoms with Crippen LogP contribution in [0.4, 0.5) is 0 Å². The summed E-state index contributed by atoms with van der Waals surface area (Å²) in [6.45, 7) is 2.16. The normalized spacial score (nSPS) is 30.3. The van der Waals surface area contributed by atoms with E-state index in [0.717, 1.165) is 25.6 Å². The highest BCUT2D eigenvalue weighted by atomic mass is 15.2. The number of nitriles is 1. The van der Waals surface area contributed by atoms with Crippen molar-refractivity contribution in [2.45, 2.75) is 50.6 Å². The molecular formula is C13H23N3. The smallest absolute Gasteiger partial charge is 0.0672 e. The summed E-state index contributed by atoms with van der Waals surface area (Å²) in [7, 11) is 2.21. The third kappa shape index (κ3) is 3.20. The number of likely N-dealkylation sites (N-methyl/N-ethyl adjacent to an activating group) is 1. The van der Waals surface area contributed by atoms with Crippen molar-refractivity contribution < 1.29 is 0 Å². The highest BCUT2D eigenvalue weighted by molar-refractivity contribution is 4.94. The lowest BCUT2D eigenvalue weighted by Gasteiger charge is -2.28. The Hall–Kier alpha value is -0.590. The van der Waals surface area contributed by atoms with Crippen LogP contribution >= 0.6 is 0 Å². The molecule has 0 saturated heterocycles. The van der Waals surface area contributed by atoms with Crippen molar-refractivity contribution in [3.05, 3.63) is 0 Å². The Morgan fingerprint density at radius 2 is 2.00 bits per heavy atom. The van der Waals surface area contributed by atoms with Crippen LogP contribution in [0.3, 0.4) is 0 Å². The maximum Gasteiger partial charge on any atom is 0.0672 e. The number of nitrogens with one attached hydrogen (secondary N) is 1. The first-order valence-corrected chi connectivity index (χ1v) is 6.64. The predicted octanol–water partition coefficient (Wildman–Crippen LogP) is 1.75. The molecule has 90 valence electrons. The van der Waals surface area contributed by atoms with Gasteiger partial charge in [-0.2, -0.15) is 5.26 Å². The quantitative estimate of drug-likeness (QED) is 0.769. The van der Waals surface area contributed by atoms with Gasteiger partial charge in [0.2, 0.25) is 0 Å². The summed E-state index contributed by atoms with van der Waals surface area (Å²) in [5.74, 6) is 0.250. The molecule has 16 heavy (non-hydrogen) atoms. The standard InChI is InChI=1S/C13H23N3/c1-16(12-6-7-12)9-8-15-13-5-3-2-4-11(13)10-14/h11-13,15H,2-9H2,1H3. The first-order chi connectivity index (χ1) is 7.81. The van der Waals surface area contributed by atoms with E-state index in [1.165, 1.54) is 32.1 Å². The monoisotopic (exact) mass is 221 g/mol. The van der Waals surface area contributed by atoms with E-state index < -0.39 is 0 Å². The summed E-state index contributed by atoms with van der Waals surface area (Å²) in [5.41, 5.74) is 0. The molecule has 2 aliphatic carbocycles. The Morgan fingerprint density at radius 1 is 1.25 bits per heavy atom. The van der Waals surface area contributed by atoms with Gasteiger partial charge in [0.1, 0.15) is 0 Å². The van der Waals surface area contributed by atoms with Gasteiger partial charge in [-0.25, -0.2) is 0 Å². The first kappa shape index (κ1) is 11.9. The van der Waals surface area contributed by atoms with Gasteiger partial charge in [0.05, 0.1) is 12.0 Å². The molecule has 3 heteroatoms. The van der Waals surface area contributed by atoms with Gasteiger partial charge in [-0.1, -0.05) is 12.8 Å². The van der Waals surface area contributed by atoms with E-state index in [1.54, 1.807) is 0 Å². The summed E-state index contributed by atoms with van der Waals surface area (Å²) in [6, 6.07) is 3.75. The zero-order valence-electron chi connectivity index (χ0n) is 10.3. The second-order valence-electron chi connectivity index (χ2n) is 5.29. The molecule has 0 aliphatic heterocycles. The SMILES string of the molecule is CN(CCNC1CCCCC1C#N)C1CC1. The van der Waals surface area contributed by atoms with Crippen LogP contribution in [0.1, 0.15) is 38.5 Å². The van der Waals surface area contributed by atoms with Crippen LogP contribution in [0.25, 0.3) is 0 Å². The molecule has 0 aromatic rings. The molecule has 2 fully saturated rings. The molecule has 0 bridgehead atoms. The van der Waals surface area contributed by atoms with Gasteiger partial charge in [0.15, 0.2) is 0 Å². The molecule has 0 radical (unpaired) electrons. The van der Waals surface area contributed by atoms with Crippen molar-refractivity contribution in [3.8, 4) is 6.07 Å². The Morgan fingerprint density at radius 3 is 2.69 bits per heavy atom. The van der Waals surface area contributed by atoms with Gasteiger partial charge in [0.25, 0.3) is 0 Å². The van der Waals surface area contributed by atoms with E-state index >= 15 is 0 Å². The molecule has 0 spiro atoms. The fraction of sp³-hybridized carbons (Fsp3) is 0.923. The zero-order chi connectivity index (χ0) is 11.4. The topological polar surface area (TPSA) is 39.1 Å². The molecule has 0 aromatic heterocycles.